The van der Waals surface area contributed by atoms with Gasteiger partial charge in [-0.2, -0.15) is 0 Å². The smallest absolute Gasteiger partial charge is 0.216 e. The van der Waals surface area contributed by atoms with Gasteiger partial charge < -0.3 is 4.57 Å². The zero-order chi connectivity index (χ0) is 9.59. The summed E-state index contributed by atoms with van der Waals surface area (Å²) in [4.78, 5) is 14.7. The first-order chi connectivity index (χ1) is 6.16. The van der Waals surface area contributed by atoms with Gasteiger partial charge in [0.25, 0.3) is 0 Å². The summed E-state index contributed by atoms with van der Waals surface area (Å²) in [5, 5.41) is 0.708. The molecule has 2 heterocycles. The molecule has 0 saturated carbocycles. The number of hydrogen-bond donors (Lipinski definition) is 0. The van der Waals surface area contributed by atoms with Crippen molar-refractivity contribution in [3.63, 3.8) is 0 Å². The van der Waals surface area contributed by atoms with Crippen LogP contribution in [0.3, 0.4) is 0 Å². The van der Waals surface area contributed by atoms with Gasteiger partial charge in [-0.3, -0.25) is 9.20 Å². The van der Waals surface area contributed by atoms with Gasteiger partial charge in [0.15, 0.2) is 6.29 Å². The summed E-state index contributed by atoms with van der Waals surface area (Å²) in [5.41, 5.74) is 0.321. The van der Waals surface area contributed by atoms with E-state index in [0.29, 0.717) is 28.1 Å². The fourth-order valence-electron chi connectivity index (χ4n) is 1.23. The molecule has 0 bridgehead atoms. The number of aldehydes is 1. The lowest BCUT2D eigenvalue weighted by Crippen LogP contribution is -1.88. The molecule has 0 amide bonds. The molecule has 0 radical (unpaired) electrons. The molecular formula is C7H5Cl2N3O. The summed E-state index contributed by atoms with van der Waals surface area (Å²) < 4.78 is 3.09. The Balaban J connectivity index is 3.00. The van der Waals surface area contributed by atoms with E-state index in [4.69, 9.17) is 23.2 Å². The van der Waals surface area contributed by atoms with Gasteiger partial charge in [0.2, 0.25) is 5.78 Å². The molecule has 0 atom stereocenters. The minimum Gasteiger partial charge on any atom is -0.303 e. The van der Waals surface area contributed by atoms with E-state index in [9.17, 15) is 4.79 Å². The number of carbonyl (C=O) groups excluding carboxylic acids is 1. The Morgan fingerprint density at radius 3 is 2.85 bits per heavy atom. The molecule has 0 aliphatic carbocycles. The van der Waals surface area contributed by atoms with Crippen molar-refractivity contribution in [1.29, 1.82) is 0 Å². The van der Waals surface area contributed by atoms with E-state index in [0.717, 1.165) is 0 Å². The highest BCUT2D eigenvalue weighted by Crippen LogP contribution is 2.22. The number of imidazole rings is 2. The van der Waals surface area contributed by atoms with Crippen molar-refractivity contribution in [3.8, 4) is 0 Å². The van der Waals surface area contributed by atoms with Crippen LogP contribution in [0.4, 0.5) is 0 Å². The molecule has 0 aliphatic heterocycles. The lowest BCUT2D eigenvalue weighted by Gasteiger charge is -1.90. The Kier molecular flexibility index (Phi) is 1.82. The molecule has 0 unspecified atom stereocenters. The number of halogens is 2. The van der Waals surface area contributed by atoms with Gasteiger partial charge in [-0.25, -0.2) is 4.98 Å². The average molecular weight is 218 g/mol. The van der Waals surface area contributed by atoms with Crippen LogP contribution in [-0.4, -0.2) is 20.2 Å². The van der Waals surface area contributed by atoms with Crippen molar-refractivity contribution in [2.45, 2.75) is 0 Å². The molecule has 0 aliphatic rings. The number of aryl methyl sites for hydroxylation is 1. The lowest BCUT2D eigenvalue weighted by molar-refractivity contribution is 0.111. The third-order valence-corrected chi connectivity index (χ3v) is 2.57. The van der Waals surface area contributed by atoms with Gasteiger partial charge >= 0.3 is 0 Å². The standard InChI is InChI=1S/C7H5Cl2N3O/c1-11-6(9)4(3-13)12-5(8)2-10-7(11)12/h2-3H,1H3. The fourth-order valence-corrected chi connectivity index (χ4v) is 1.65. The average Bonchev–Trinajstić information content (AvgIpc) is 2.58. The highest BCUT2D eigenvalue weighted by atomic mass is 35.5. The van der Waals surface area contributed by atoms with Crippen molar-refractivity contribution in [1.82, 2.24) is 14.0 Å². The normalized spacial score (nSPS) is 11.0. The summed E-state index contributed by atoms with van der Waals surface area (Å²) >= 11 is 11.7. The molecule has 2 rings (SSSR count). The molecule has 0 spiro atoms. The van der Waals surface area contributed by atoms with Crippen LogP contribution in [0, 0.1) is 0 Å². The van der Waals surface area contributed by atoms with Crippen molar-refractivity contribution < 1.29 is 4.79 Å². The Morgan fingerprint density at radius 1 is 1.54 bits per heavy atom. The van der Waals surface area contributed by atoms with E-state index in [1.54, 1.807) is 11.6 Å². The molecule has 13 heavy (non-hydrogen) atoms. The number of fused-ring (bicyclic) bond motifs is 1. The largest absolute Gasteiger partial charge is 0.303 e. The van der Waals surface area contributed by atoms with Crippen molar-refractivity contribution >= 4 is 35.3 Å². The molecule has 0 aromatic carbocycles. The van der Waals surface area contributed by atoms with Crippen LogP contribution in [0.5, 0.6) is 0 Å². The van der Waals surface area contributed by atoms with Crippen molar-refractivity contribution in [2.75, 3.05) is 0 Å². The van der Waals surface area contributed by atoms with Gasteiger partial charge in [0.05, 0.1) is 6.20 Å². The molecule has 2 aromatic heterocycles. The maximum absolute atomic E-state index is 10.7. The maximum atomic E-state index is 10.7. The monoisotopic (exact) mass is 217 g/mol. The van der Waals surface area contributed by atoms with E-state index in [2.05, 4.69) is 4.98 Å². The maximum Gasteiger partial charge on any atom is 0.216 e. The van der Waals surface area contributed by atoms with Crippen LogP contribution < -0.4 is 0 Å². The first kappa shape index (κ1) is 8.59. The molecule has 0 N–H and O–H groups in total. The number of aromatic nitrogens is 3. The summed E-state index contributed by atoms with van der Waals surface area (Å²) in [6, 6.07) is 0. The van der Waals surface area contributed by atoms with Crippen molar-refractivity contribution in [2.24, 2.45) is 7.05 Å². The molecule has 0 saturated heterocycles. The van der Waals surface area contributed by atoms with Crippen LogP contribution in [0.1, 0.15) is 10.5 Å². The van der Waals surface area contributed by atoms with Crippen molar-refractivity contribution in [3.05, 3.63) is 22.2 Å². The van der Waals surface area contributed by atoms with Gasteiger partial charge in [-0.1, -0.05) is 23.2 Å². The quantitative estimate of drug-likeness (QED) is 0.684. The molecular weight excluding hydrogens is 213 g/mol. The Labute approximate surface area is 83.7 Å². The Morgan fingerprint density at radius 2 is 2.23 bits per heavy atom. The molecule has 0 fully saturated rings. The summed E-state index contributed by atoms with van der Waals surface area (Å²) in [6.07, 6.45) is 2.13. The predicted octanol–water partition coefficient (Wildman–Crippen LogP) is 1.79. The molecule has 2 aromatic rings. The molecule has 6 heteroatoms. The summed E-state index contributed by atoms with van der Waals surface area (Å²) in [5.74, 6) is 0.553. The number of carbonyl (C=O) groups is 1. The Hall–Kier alpha value is -1.00. The van der Waals surface area contributed by atoms with E-state index in [1.165, 1.54) is 10.6 Å². The zero-order valence-electron chi connectivity index (χ0n) is 6.66. The predicted molar refractivity (Wildman–Crippen MR) is 49.6 cm³/mol. The second kappa shape index (κ2) is 2.75. The van der Waals surface area contributed by atoms with Crippen LogP contribution in [0.15, 0.2) is 6.20 Å². The fraction of sp³-hybridized carbons (Fsp3) is 0.143. The first-order valence-electron chi connectivity index (χ1n) is 3.49. The third-order valence-electron chi connectivity index (χ3n) is 1.86. The number of nitrogens with zero attached hydrogens (tertiary/aromatic N) is 3. The van der Waals surface area contributed by atoms with Crippen LogP contribution in [-0.2, 0) is 7.05 Å². The van der Waals surface area contributed by atoms with Crippen LogP contribution >= 0.6 is 23.2 Å². The minimum atomic E-state index is 0.321. The summed E-state index contributed by atoms with van der Waals surface area (Å²) in [7, 11) is 1.72. The van der Waals surface area contributed by atoms with Gasteiger partial charge in [0.1, 0.15) is 16.0 Å². The Bertz CT molecular complexity index is 485. The zero-order valence-corrected chi connectivity index (χ0v) is 8.17. The third kappa shape index (κ3) is 0.990. The minimum absolute atomic E-state index is 0.321. The highest BCUT2D eigenvalue weighted by Gasteiger charge is 2.15. The topological polar surface area (TPSA) is 39.3 Å². The highest BCUT2D eigenvalue weighted by molar-refractivity contribution is 6.33. The van der Waals surface area contributed by atoms with Crippen LogP contribution in [0.25, 0.3) is 5.78 Å². The van der Waals surface area contributed by atoms with E-state index < -0.39 is 0 Å². The molecule has 4 nitrogen and oxygen atoms in total. The first-order valence-corrected chi connectivity index (χ1v) is 4.24. The SMILES string of the molecule is Cn1c(Cl)c(C=O)n2c(Cl)cnc12. The lowest BCUT2D eigenvalue weighted by atomic mass is 10.5. The molecule has 68 valence electrons. The van der Waals surface area contributed by atoms with E-state index in [-0.39, 0.29) is 0 Å². The number of hydrogen-bond acceptors (Lipinski definition) is 2. The second-order valence-corrected chi connectivity index (χ2v) is 3.31. The van der Waals surface area contributed by atoms with E-state index >= 15 is 0 Å². The number of rotatable bonds is 1. The second-order valence-electron chi connectivity index (χ2n) is 2.57. The van der Waals surface area contributed by atoms with Gasteiger partial charge in [-0.15, -0.1) is 0 Å². The van der Waals surface area contributed by atoms with Gasteiger partial charge in [0, 0.05) is 7.05 Å². The van der Waals surface area contributed by atoms with Crippen LogP contribution in [0.2, 0.25) is 10.3 Å². The summed E-state index contributed by atoms with van der Waals surface area (Å²) in [6.45, 7) is 0. The van der Waals surface area contributed by atoms with E-state index in [1.807, 2.05) is 0 Å². The van der Waals surface area contributed by atoms with Gasteiger partial charge in [-0.05, 0) is 0 Å².